The van der Waals surface area contributed by atoms with Crippen LogP contribution in [0.4, 0.5) is 13.2 Å². The second-order valence-corrected chi connectivity index (χ2v) is 6.85. The van der Waals surface area contributed by atoms with Crippen molar-refractivity contribution in [1.82, 2.24) is 0 Å². The molecule has 24 heavy (non-hydrogen) atoms. The molecule has 138 valence electrons. The summed E-state index contributed by atoms with van der Waals surface area (Å²) in [6.45, 7) is 9.47. The van der Waals surface area contributed by atoms with E-state index in [2.05, 4.69) is 20.8 Å². The summed E-state index contributed by atoms with van der Waals surface area (Å²) in [4.78, 5) is 0. The minimum Gasteiger partial charge on any atom is -0.494 e. The molecule has 1 rings (SSSR count). The fourth-order valence-electron chi connectivity index (χ4n) is 2.62. The Kier molecular flexibility index (Phi) is 8.07. The number of ether oxygens (including phenoxy) is 2. The molecular formula is C19H29F3O2. The lowest BCUT2D eigenvalue weighted by atomic mass is 9.95. The standard InChI is InChI=1S/C19H29F3O2/c1-5-24-18(3,4)12-7-8-15(2)11-13-23-17-10-6-9-16(14-17)19(20,21)22/h6,9-10,14-15H,5,7-8,11-13H2,1-4H3. The third kappa shape index (κ3) is 8.04. The number of halogens is 3. The molecule has 0 heterocycles. The molecule has 0 spiro atoms. The van der Waals surface area contributed by atoms with Gasteiger partial charge in [-0.05, 0) is 57.7 Å². The van der Waals surface area contributed by atoms with Crippen molar-refractivity contribution in [3.8, 4) is 5.75 Å². The van der Waals surface area contributed by atoms with Crippen molar-refractivity contribution in [3.05, 3.63) is 29.8 Å². The highest BCUT2D eigenvalue weighted by molar-refractivity contribution is 5.30. The van der Waals surface area contributed by atoms with Crippen molar-refractivity contribution in [2.24, 2.45) is 5.92 Å². The molecule has 0 aromatic heterocycles. The lowest BCUT2D eigenvalue weighted by molar-refractivity contribution is -0.137. The average molecular weight is 346 g/mol. The summed E-state index contributed by atoms with van der Waals surface area (Å²) in [6, 6.07) is 5.03. The Balaban J connectivity index is 2.30. The average Bonchev–Trinajstić information content (AvgIpc) is 2.46. The molecule has 0 fully saturated rings. The maximum Gasteiger partial charge on any atom is 0.416 e. The summed E-state index contributed by atoms with van der Waals surface area (Å²) < 4.78 is 49.1. The smallest absolute Gasteiger partial charge is 0.416 e. The van der Waals surface area contributed by atoms with Crippen LogP contribution in [0.5, 0.6) is 5.75 Å². The van der Waals surface area contributed by atoms with Crippen LogP contribution in [0.25, 0.3) is 0 Å². The third-order valence-electron chi connectivity index (χ3n) is 4.05. The molecule has 1 unspecified atom stereocenters. The first-order valence-corrected chi connectivity index (χ1v) is 8.58. The lowest BCUT2D eigenvalue weighted by Crippen LogP contribution is -2.24. The Hall–Kier alpha value is -1.23. The number of hydrogen-bond donors (Lipinski definition) is 0. The van der Waals surface area contributed by atoms with E-state index in [-0.39, 0.29) is 11.4 Å². The van der Waals surface area contributed by atoms with E-state index in [1.54, 1.807) is 6.07 Å². The van der Waals surface area contributed by atoms with E-state index < -0.39 is 11.7 Å². The Morgan fingerprint density at radius 3 is 2.46 bits per heavy atom. The zero-order valence-corrected chi connectivity index (χ0v) is 15.1. The minimum atomic E-state index is -4.33. The predicted octanol–water partition coefficient (Wildman–Crippen LogP) is 6.10. The molecule has 0 amide bonds. The van der Waals surface area contributed by atoms with Gasteiger partial charge in [0, 0.05) is 6.61 Å². The maximum absolute atomic E-state index is 12.6. The SMILES string of the molecule is CCOC(C)(C)CCCC(C)CCOc1cccc(C(F)(F)F)c1. The van der Waals surface area contributed by atoms with Gasteiger partial charge in [0.1, 0.15) is 5.75 Å². The van der Waals surface area contributed by atoms with E-state index in [4.69, 9.17) is 9.47 Å². The van der Waals surface area contributed by atoms with Gasteiger partial charge >= 0.3 is 6.18 Å². The van der Waals surface area contributed by atoms with Crippen molar-refractivity contribution in [3.63, 3.8) is 0 Å². The van der Waals surface area contributed by atoms with Gasteiger partial charge in [0.2, 0.25) is 0 Å². The van der Waals surface area contributed by atoms with Crippen LogP contribution < -0.4 is 4.74 Å². The first-order valence-electron chi connectivity index (χ1n) is 8.58. The van der Waals surface area contributed by atoms with Crippen LogP contribution in [0.15, 0.2) is 24.3 Å². The fourth-order valence-corrected chi connectivity index (χ4v) is 2.62. The largest absolute Gasteiger partial charge is 0.494 e. The number of alkyl halides is 3. The van der Waals surface area contributed by atoms with E-state index >= 15 is 0 Å². The fraction of sp³-hybridized carbons (Fsp3) is 0.684. The van der Waals surface area contributed by atoms with Gasteiger partial charge in [-0.15, -0.1) is 0 Å². The van der Waals surface area contributed by atoms with Gasteiger partial charge in [0.15, 0.2) is 0 Å². The first kappa shape index (κ1) is 20.8. The Labute approximate surface area is 143 Å². The van der Waals surface area contributed by atoms with E-state index in [0.717, 1.165) is 37.8 Å². The Bertz CT molecular complexity index is 484. The van der Waals surface area contributed by atoms with Gasteiger partial charge in [-0.25, -0.2) is 0 Å². The molecule has 1 atom stereocenters. The zero-order chi connectivity index (χ0) is 18.2. The molecule has 0 bridgehead atoms. The minimum absolute atomic E-state index is 0.0942. The molecule has 0 aliphatic carbocycles. The quantitative estimate of drug-likeness (QED) is 0.510. The molecule has 0 aliphatic rings. The molecule has 0 radical (unpaired) electrons. The lowest BCUT2D eigenvalue weighted by Gasteiger charge is -2.25. The van der Waals surface area contributed by atoms with Crippen molar-refractivity contribution < 1.29 is 22.6 Å². The summed E-state index contributed by atoms with van der Waals surface area (Å²) >= 11 is 0. The highest BCUT2D eigenvalue weighted by Crippen LogP contribution is 2.31. The molecular weight excluding hydrogens is 317 g/mol. The second kappa shape index (κ2) is 9.30. The summed E-state index contributed by atoms with van der Waals surface area (Å²) in [5.41, 5.74) is -0.769. The highest BCUT2D eigenvalue weighted by Gasteiger charge is 2.30. The summed E-state index contributed by atoms with van der Waals surface area (Å²) in [6.07, 6.45) is -0.384. The van der Waals surface area contributed by atoms with Crippen LogP contribution in [0.1, 0.15) is 58.9 Å². The van der Waals surface area contributed by atoms with Crippen LogP contribution in [-0.4, -0.2) is 18.8 Å². The maximum atomic E-state index is 12.6. The molecule has 0 N–H and O–H groups in total. The summed E-state index contributed by atoms with van der Waals surface area (Å²) in [7, 11) is 0. The van der Waals surface area contributed by atoms with E-state index in [9.17, 15) is 13.2 Å². The summed E-state index contributed by atoms with van der Waals surface area (Å²) in [5.74, 6) is 0.739. The topological polar surface area (TPSA) is 18.5 Å². The molecule has 0 saturated carbocycles. The Morgan fingerprint density at radius 2 is 1.83 bits per heavy atom. The van der Waals surface area contributed by atoms with Gasteiger partial charge in [-0.2, -0.15) is 13.2 Å². The van der Waals surface area contributed by atoms with Crippen LogP contribution >= 0.6 is 0 Å². The van der Waals surface area contributed by atoms with Crippen LogP contribution in [0, 0.1) is 5.92 Å². The second-order valence-electron chi connectivity index (χ2n) is 6.85. The molecule has 0 aliphatic heterocycles. The van der Waals surface area contributed by atoms with Crippen LogP contribution in [0.2, 0.25) is 0 Å². The van der Waals surface area contributed by atoms with E-state index in [1.165, 1.54) is 6.07 Å². The van der Waals surface area contributed by atoms with Gasteiger partial charge < -0.3 is 9.47 Å². The molecule has 5 heteroatoms. The molecule has 1 aromatic carbocycles. The number of rotatable bonds is 10. The third-order valence-corrected chi connectivity index (χ3v) is 4.05. The number of benzene rings is 1. The van der Waals surface area contributed by atoms with Gasteiger partial charge in [0.25, 0.3) is 0 Å². The van der Waals surface area contributed by atoms with Crippen molar-refractivity contribution >= 4 is 0 Å². The monoisotopic (exact) mass is 346 g/mol. The predicted molar refractivity (Wildman–Crippen MR) is 90.3 cm³/mol. The van der Waals surface area contributed by atoms with Gasteiger partial charge in [-0.3, -0.25) is 0 Å². The highest BCUT2D eigenvalue weighted by atomic mass is 19.4. The number of hydrogen-bond acceptors (Lipinski definition) is 2. The van der Waals surface area contributed by atoms with Crippen LogP contribution in [0.3, 0.4) is 0 Å². The first-order chi connectivity index (χ1) is 11.1. The van der Waals surface area contributed by atoms with E-state index in [0.29, 0.717) is 19.1 Å². The van der Waals surface area contributed by atoms with Crippen molar-refractivity contribution in [1.29, 1.82) is 0 Å². The molecule has 0 saturated heterocycles. The summed E-state index contributed by atoms with van der Waals surface area (Å²) in [5, 5.41) is 0. The zero-order valence-electron chi connectivity index (χ0n) is 15.1. The van der Waals surface area contributed by atoms with Gasteiger partial charge in [0.05, 0.1) is 17.8 Å². The van der Waals surface area contributed by atoms with Gasteiger partial charge in [-0.1, -0.05) is 25.8 Å². The van der Waals surface area contributed by atoms with E-state index in [1.807, 2.05) is 6.92 Å². The Morgan fingerprint density at radius 1 is 1.12 bits per heavy atom. The van der Waals surface area contributed by atoms with Crippen molar-refractivity contribution in [2.45, 2.75) is 65.2 Å². The normalized spacial score (nSPS) is 13.8. The van der Waals surface area contributed by atoms with Crippen LogP contribution in [-0.2, 0) is 10.9 Å². The molecule has 1 aromatic rings. The molecule has 2 nitrogen and oxygen atoms in total. The van der Waals surface area contributed by atoms with Crippen molar-refractivity contribution in [2.75, 3.05) is 13.2 Å².